The van der Waals surface area contributed by atoms with Crippen molar-refractivity contribution in [3.8, 4) is 11.5 Å². The lowest BCUT2D eigenvalue weighted by Gasteiger charge is -2.22. The molecule has 0 aliphatic rings. The smallest absolute Gasteiger partial charge is 0.166 e. The lowest BCUT2D eigenvalue weighted by molar-refractivity contribution is 0.279. The van der Waals surface area contributed by atoms with Crippen molar-refractivity contribution in [2.45, 2.75) is 39.5 Å². The van der Waals surface area contributed by atoms with Gasteiger partial charge in [0.25, 0.3) is 0 Å². The van der Waals surface area contributed by atoms with Gasteiger partial charge >= 0.3 is 0 Å². The van der Waals surface area contributed by atoms with E-state index in [1.807, 2.05) is 18.2 Å². The molecule has 0 atom stereocenters. The molecule has 0 heterocycles. The van der Waals surface area contributed by atoms with Gasteiger partial charge in [-0.1, -0.05) is 24.3 Å². The Labute approximate surface area is 137 Å². The lowest BCUT2D eigenvalue weighted by atomic mass is 10.1. The van der Waals surface area contributed by atoms with Gasteiger partial charge in [-0.25, -0.2) is 4.39 Å². The van der Waals surface area contributed by atoms with Gasteiger partial charge in [-0.2, -0.15) is 0 Å². The Bertz CT molecular complexity index is 633. The second-order valence-corrected chi connectivity index (χ2v) is 6.47. The molecule has 2 aromatic carbocycles. The molecule has 0 aliphatic heterocycles. The van der Waals surface area contributed by atoms with Gasteiger partial charge in [-0.15, -0.1) is 0 Å². The maximum atomic E-state index is 13.0. The van der Waals surface area contributed by atoms with Gasteiger partial charge in [-0.05, 0) is 44.5 Å². The second-order valence-electron chi connectivity index (χ2n) is 6.47. The highest BCUT2D eigenvalue weighted by molar-refractivity contribution is 5.46. The predicted octanol–water partition coefficient (Wildman–Crippen LogP) is 4.30. The number of benzene rings is 2. The average molecular weight is 317 g/mol. The van der Waals surface area contributed by atoms with Crippen LogP contribution in [-0.2, 0) is 13.2 Å². The summed E-state index contributed by atoms with van der Waals surface area (Å²) in [7, 11) is 1.63. The molecule has 124 valence electrons. The normalized spacial score (nSPS) is 11.3. The highest BCUT2D eigenvalue weighted by atomic mass is 19.1. The molecule has 23 heavy (non-hydrogen) atoms. The van der Waals surface area contributed by atoms with Crippen LogP contribution in [0.5, 0.6) is 11.5 Å². The summed E-state index contributed by atoms with van der Waals surface area (Å²) in [6.45, 7) is 7.40. The van der Waals surface area contributed by atoms with E-state index < -0.39 is 0 Å². The third kappa shape index (κ3) is 5.25. The Hall–Kier alpha value is -2.07. The van der Waals surface area contributed by atoms with Crippen molar-refractivity contribution in [2.24, 2.45) is 0 Å². The summed E-state index contributed by atoms with van der Waals surface area (Å²) >= 11 is 0. The second kappa shape index (κ2) is 7.47. The van der Waals surface area contributed by atoms with Gasteiger partial charge in [0.1, 0.15) is 12.4 Å². The molecule has 2 aromatic rings. The Kier molecular flexibility index (Phi) is 5.61. The van der Waals surface area contributed by atoms with Gasteiger partial charge in [0.2, 0.25) is 0 Å². The van der Waals surface area contributed by atoms with Crippen LogP contribution < -0.4 is 14.8 Å². The lowest BCUT2D eigenvalue weighted by Crippen LogP contribution is -2.35. The summed E-state index contributed by atoms with van der Waals surface area (Å²) in [5, 5.41) is 3.45. The molecular weight excluding hydrogens is 293 g/mol. The van der Waals surface area contributed by atoms with Crippen LogP contribution in [0.2, 0.25) is 0 Å². The van der Waals surface area contributed by atoms with Crippen LogP contribution in [0.25, 0.3) is 0 Å². The van der Waals surface area contributed by atoms with E-state index in [2.05, 4.69) is 26.1 Å². The average Bonchev–Trinajstić information content (AvgIpc) is 2.51. The molecule has 0 radical (unpaired) electrons. The number of nitrogens with one attached hydrogen (secondary N) is 1. The molecule has 2 rings (SSSR count). The van der Waals surface area contributed by atoms with Gasteiger partial charge in [0.15, 0.2) is 11.5 Å². The minimum atomic E-state index is -0.249. The van der Waals surface area contributed by atoms with Gasteiger partial charge in [0.05, 0.1) is 7.11 Å². The Morgan fingerprint density at radius 1 is 1.04 bits per heavy atom. The zero-order chi connectivity index (χ0) is 16.9. The molecule has 0 bridgehead atoms. The van der Waals surface area contributed by atoms with E-state index in [-0.39, 0.29) is 11.4 Å². The van der Waals surface area contributed by atoms with Gasteiger partial charge in [0, 0.05) is 17.6 Å². The predicted molar refractivity (Wildman–Crippen MR) is 90.3 cm³/mol. The molecule has 0 fully saturated rings. The summed E-state index contributed by atoms with van der Waals surface area (Å²) in [6.07, 6.45) is 0. The van der Waals surface area contributed by atoms with Crippen LogP contribution in [0.4, 0.5) is 4.39 Å². The molecular formula is C19H24FNO2. The molecule has 1 N–H and O–H groups in total. The number of hydrogen-bond donors (Lipinski definition) is 1. The summed E-state index contributed by atoms with van der Waals surface area (Å²) in [4.78, 5) is 0. The Balaban J connectivity index is 2.15. The molecule has 0 aromatic heterocycles. The Morgan fingerprint density at radius 2 is 1.74 bits per heavy atom. The summed E-state index contributed by atoms with van der Waals surface area (Å²) in [5.41, 5.74) is 1.95. The monoisotopic (exact) mass is 317 g/mol. The van der Waals surface area contributed by atoms with Crippen molar-refractivity contribution >= 4 is 0 Å². The summed E-state index contributed by atoms with van der Waals surface area (Å²) in [5.74, 6) is 1.16. The fraction of sp³-hybridized carbons (Fsp3) is 0.368. The molecule has 0 saturated carbocycles. The fourth-order valence-electron chi connectivity index (χ4n) is 2.12. The van der Waals surface area contributed by atoms with Crippen molar-refractivity contribution in [1.82, 2.24) is 5.32 Å². The maximum absolute atomic E-state index is 13.0. The van der Waals surface area contributed by atoms with E-state index >= 15 is 0 Å². The zero-order valence-electron chi connectivity index (χ0n) is 14.2. The van der Waals surface area contributed by atoms with E-state index in [1.54, 1.807) is 19.2 Å². The first-order valence-electron chi connectivity index (χ1n) is 7.67. The molecule has 0 unspecified atom stereocenters. The van der Waals surface area contributed by atoms with Crippen LogP contribution in [0.3, 0.4) is 0 Å². The first kappa shape index (κ1) is 17.3. The third-order valence-electron chi connectivity index (χ3n) is 3.39. The van der Waals surface area contributed by atoms with E-state index in [0.29, 0.717) is 18.9 Å². The number of para-hydroxylation sites is 1. The van der Waals surface area contributed by atoms with Crippen molar-refractivity contribution in [3.63, 3.8) is 0 Å². The first-order chi connectivity index (χ1) is 10.9. The largest absolute Gasteiger partial charge is 0.493 e. The molecule has 4 heteroatoms. The zero-order valence-corrected chi connectivity index (χ0v) is 14.2. The molecule has 0 spiro atoms. The number of halogens is 1. The van der Waals surface area contributed by atoms with E-state index in [0.717, 1.165) is 16.9 Å². The fourth-order valence-corrected chi connectivity index (χ4v) is 2.12. The van der Waals surface area contributed by atoms with Crippen molar-refractivity contribution in [1.29, 1.82) is 0 Å². The van der Waals surface area contributed by atoms with Crippen molar-refractivity contribution in [2.75, 3.05) is 7.11 Å². The van der Waals surface area contributed by atoms with Crippen molar-refractivity contribution in [3.05, 3.63) is 59.4 Å². The summed E-state index contributed by atoms with van der Waals surface area (Å²) in [6, 6.07) is 12.1. The van der Waals surface area contributed by atoms with E-state index in [9.17, 15) is 4.39 Å². The maximum Gasteiger partial charge on any atom is 0.166 e. The molecule has 0 amide bonds. The number of hydrogen-bond acceptors (Lipinski definition) is 3. The highest BCUT2D eigenvalue weighted by Gasteiger charge is 2.14. The summed E-state index contributed by atoms with van der Waals surface area (Å²) < 4.78 is 24.4. The molecule has 3 nitrogen and oxygen atoms in total. The number of ether oxygens (including phenoxy) is 2. The van der Waals surface area contributed by atoms with Crippen LogP contribution in [0.15, 0.2) is 42.5 Å². The molecule has 0 aliphatic carbocycles. The van der Waals surface area contributed by atoms with Crippen LogP contribution in [0.1, 0.15) is 31.9 Å². The molecule has 0 saturated heterocycles. The number of methoxy groups -OCH3 is 1. The van der Waals surface area contributed by atoms with E-state index in [1.165, 1.54) is 12.1 Å². The highest BCUT2D eigenvalue weighted by Crippen LogP contribution is 2.32. The number of rotatable bonds is 6. The Morgan fingerprint density at radius 3 is 2.35 bits per heavy atom. The third-order valence-corrected chi connectivity index (χ3v) is 3.39. The standard InChI is InChI=1S/C19H24FNO2/c1-19(2,3)21-12-15-6-5-7-17(22-4)18(15)23-13-14-8-10-16(20)11-9-14/h5-11,21H,12-13H2,1-4H3. The van der Waals surface area contributed by atoms with Crippen molar-refractivity contribution < 1.29 is 13.9 Å². The van der Waals surface area contributed by atoms with Crippen LogP contribution in [0, 0.1) is 5.82 Å². The van der Waals surface area contributed by atoms with Crippen LogP contribution in [-0.4, -0.2) is 12.6 Å². The first-order valence-corrected chi connectivity index (χ1v) is 7.67. The minimum Gasteiger partial charge on any atom is -0.493 e. The SMILES string of the molecule is COc1cccc(CNC(C)(C)C)c1OCc1ccc(F)cc1. The topological polar surface area (TPSA) is 30.5 Å². The quantitative estimate of drug-likeness (QED) is 0.861. The minimum absolute atomic E-state index is 0.0112. The van der Waals surface area contributed by atoms with E-state index in [4.69, 9.17) is 9.47 Å². The van der Waals surface area contributed by atoms with Gasteiger partial charge in [-0.3, -0.25) is 0 Å². The van der Waals surface area contributed by atoms with Gasteiger partial charge < -0.3 is 14.8 Å². The van der Waals surface area contributed by atoms with Crippen LogP contribution >= 0.6 is 0 Å².